The molecule has 7 heteroatoms. The molecule has 1 fully saturated rings. The van der Waals surface area contributed by atoms with Crippen molar-refractivity contribution < 1.29 is 9.59 Å². The number of nitrogen functional groups attached to an aromatic ring is 1. The molecule has 1 aliphatic heterocycles. The first-order valence-electron chi connectivity index (χ1n) is 11.0. The minimum Gasteiger partial charge on any atom is -0.384 e. The van der Waals surface area contributed by atoms with Crippen molar-refractivity contribution in [3.8, 4) is 0 Å². The summed E-state index contributed by atoms with van der Waals surface area (Å²) < 4.78 is 0. The van der Waals surface area contributed by atoms with Crippen LogP contribution < -0.4 is 21.3 Å². The van der Waals surface area contributed by atoms with Gasteiger partial charge in [-0.1, -0.05) is 42.5 Å². The molecule has 0 spiro atoms. The van der Waals surface area contributed by atoms with Gasteiger partial charge in [0.1, 0.15) is 11.9 Å². The zero-order chi connectivity index (χ0) is 23.2. The standard InChI is InChI=1S/C26H27N5O2/c27-25(28)21-10-4-5-11-22(21)30-24(18-8-2-1-3-9-18)26(33)29-19-13-15-20(16-14-19)31-17-7-6-12-23(31)32/h1-5,8-11,13-16,24,30H,6-7,12,17H2,(H3,27,28)(H,29,33)/t24-/m1/s1. The van der Waals surface area contributed by atoms with Gasteiger partial charge in [0, 0.05) is 35.6 Å². The molecule has 3 aromatic rings. The maximum absolute atomic E-state index is 13.3. The van der Waals surface area contributed by atoms with Crippen LogP contribution in [-0.4, -0.2) is 24.2 Å². The predicted octanol–water partition coefficient (Wildman–Crippen LogP) is 4.28. The van der Waals surface area contributed by atoms with E-state index in [-0.39, 0.29) is 17.6 Å². The molecule has 4 rings (SSSR count). The minimum absolute atomic E-state index is 0.0758. The Hall–Kier alpha value is -4.13. The summed E-state index contributed by atoms with van der Waals surface area (Å²) in [6.45, 7) is 0.722. The summed E-state index contributed by atoms with van der Waals surface area (Å²) in [6, 6.07) is 23.2. The van der Waals surface area contributed by atoms with E-state index in [0.717, 1.165) is 30.6 Å². The lowest BCUT2D eigenvalue weighted by molar-refractivity contribution is -0.119. The van der Waals surface area contributed by atoms with E-state index in [9.17, 15) is 9.59 Å². The molecule has 7 nitrogen and oxygen atoms in total. The first kappa shape index (κ1) is 22.1. The molecule has 0 aliphatic carbocycles. The van der Waals surface area contributed by atoms with Crippen LogP contribution in [0.5, 0.6) is 0 Å². The van der Waals surface area contributed by atoms with Crippen molar-refractivity contribution >= 4 is 34.7 Å². The predicted molar refractivity (Wildman–Crippen MR) is 132 cm³/mol. The minimum atomic E-state index is -0.699. The van der Waals surface area contributed by atoms with Gasteiger partial charge >= 0.3 is 0 Å². The number of amidine groups is 1. The van der Waals surface area contributed by atoms with E-state index in [1.165, 1.54) is 0 Å². The largest absolute Gasteiger partial charge is 0.384 e. The van der Waals surface area contributed by atoms with Gasteiger partial charge in [0.2, 0.25) is 5.91 Å². The Kier molecular flexibility index (Phi) is 6.69. The number of hydrogen-bond acceptors (Lipinski definition) is 4. The Labute approximate surface area is 193 Å². The van der Waals surface area contributed by atoms with Crippen molar-refractivity contribution in [2.45, 2.75) is 25.3 Å². The van der Waals surface area contributed by atoms with Crippen LogP contribution in [0.25, 0.3) is 0 Å². The molecule has 1 atom stereocenters. The number of hydrogen-bond donors (Lipinski definition) is 4. The topological polar surface area (TPSA) is 111 Å². The van der Waals surface area contributed by atoms with Crippen molar-refractivity contribution in [1.82, 2.24) is 0 Å². The van der Waals surface area contributed by atoms with Gasteiger partial charge in [-0.2, -0.15) is 0 Å². The van der Waals surface area contributed by atoms with E-state index >= 15 is 0 Å². The maximum atomic E-state index is 13.3. The Morgan fingerprint density at radius 1 is 0.939 bits per heavy atom. The number of carbonyl (C=O) groups is 2. The first-order valence-corrected chi connectivity index (χ1v) is 11.0. The van der Waals surface area contributed by atoms with Crippen LogP contribution in [0.15, 0.2) is 78.9 Å². The highest BCUT2D eigenvalue weighted by molar-refractivity contribution is 6.02. The third-order valence-corrected chi connectivity index (χ3v) is 5.68. The third kappa shape index (κ3) is 5.20. The lowest BCUT2D eigenvalue weighted by Crippen LogP contribution is -2.35. The highest BCUT2D eigenvalue weighted by Gasteiger charge is 2.23. The summed E-state index contributed by atoms with van der Waals surface area (Å²) in [5.41, 5.74) is 9.12. The van der Waals surface area contributed by atoms with Crippen molar-refractivity contribution in [3.05, 3.63) is 90.0 Å². The van der Waals surface area contributed by atoms with Crippen LogP contribution in [0.4, 0.5) is 17.1 Å². The number of anilines is 3. The van der Waals surface area contributed by atoms with Crippen LogP contribution >= 0.6 is 0 Å². The summed E-state index contributed by atoms with van der Waals surface area (Å²) in [5.74, 6) is -0.190. The van der Waals surface area contributed by atoms with Gasteiger partial charge in [0.25, 0.3) is 5.91 Å². The Balaban J connectivity index is 1.55. The van der Waals surface area contributed by atoms with Gasteiger partial charge < -0.3 is 21.3 Å². The average molecular weight is 442 g/mol. The van der Waals surface area contributed by atoms with Gasteiger partial charge in [0.05, 0.1) is 0 Å². The Bertz CT molecular complexity index is 1140. The number of para-hydroxylation sites is 1. The fourth-order valence-electron chi connectivity index (χ4n) is 3.96. The van der Waals surface area contributed by atoms with E-state index < -0.39 is 6.04 Å². The fourth-order valence-corrected chi connectivity index (χ4v) is 3.96. The maximum Gasteiger partial charge on any atom is 0.251 e. The molecule has 3 aromatic carbocycles. The molecule has 0 radical (unpaired) electrons. The van der Waals surface area contributed by atoms with Crippen LogP contribution in [0.2, 0.25) is 0 Å². The molecular weight excluding hydrogens is 414 g/mol. The van der Waals surface area contributed by atoms with Crippen molar-refractivity contribution in [1.29, 1.82) is 5.41 Å². The second-order valence-corrected chi connectivity index (χ2v) is 7.99. The molecule has 0 bridgehead atoms. The fraction of sp³-hybridized carbons (Fsp3) is 0.192. The number of amides is 2. The van der Waals surface area contributed by atoms with Crippen LogP contribution in [0, 0.1) is 5.41 Å². The molecule has 2 amide bonds. The van der Waals surface area contributed by atoms with Gasteiger partial charge in [-0.05, 0) is 54.8 Å². The van der Waals surface area contributed by atoms with Gasteiger partial charge in [-0.3, -0.25) is 15.0 Å². The van der Waals surface area contributed by atoms with E-state index in [2.05, 4.69) is 10.6 Å². The summed E-state index contributed by atoms with van der Waals surface area (Å²) in [7, 11) is 0. The molecular formula is C26H27N5O2. The van der Waals surface area contributed by atoms with Crippen molar-refractivity contribution in [2.75, 3.05) is 22.1 Å². The van der Waals surface area contributed by atoms with E-state index in [1.807, 2.05) is 48.5 Å². The molecule has 0 saturated carbocycles. The quantitative estimate of drug-likeness (QED) is 0.324. The van der Waals surface area contributed by atoms with E-state index in [1.54, 1.807) is 35.2 Å². The Morgan fingerprint density at radius 2 is 1.64 bits per heavy atom. The molecule has 168 valence electrons. The number of carbonyl (C=O) groups excluding carboxylic acids is 2. The van der Waals surface area contributed by atoms with Gasteiger partial charge in [0.15, 0.2) is 0 Å². The van der Waals surface area contributed by atoms with Gasteiger partial charge in [-0.15, -0.1) is 0 Å². The normalized spacial score (nSPS) is 14.4. The van der Waals surface area contributed by atoms with Crippen molar-refractivity contribution in [3.63, 3.8) is 0 Å². The summed E-state index contributed by atoms with van der Waals surface area (Å²) in [5, 5.41) is 14.0. The highest BCUT2D eigenvalue weighted by Crippen LogP contribution is 2.26. The molecule has 1 aliphatic rings. The second kappa shape index (κ2) is 9.99. The molecule has 33 heavy (non-hydrogen) atoms. The zero-order valence-electron chi connectivity index (χ0n) is 18.3. The monoisotopic (exact) mass is 441 g/mol. The van der Waals surface area contributed by atoms with Crippen molar-refractivity contribution in [2.24, 2.45) is 5.73 Å². The number of nitrogens with two attached hydrogens (primary N) is 1. The lowest BCUT2D eigenvalue weighted by Gasteiger charge is -2.27. The van der Waals surface area contributed by atoms with Crippen LogP contribution in [0.1, 0.15) is 36.4 Å². The van der Waals surface area contributed by atoms with Crippen LogP contribution in [-0.2, 0) is 9.59 Å². The zero-order valence-corrected chi connectivity index (χ0v) is 18.3. The number of rotatable bonds is 7. The van der Waals surface area contributed by atoms with E-state index in [0.29, 0.717) is 23.4 Å². The smallest absolute Gasteiger partial charge is 0.251 e. The molecule has 1 saturated heterocycles. The SMILES string of the molecule is N=C(N)c1ccccc1N[C@@H](C(=O)Nc1ccc(N2CCCCC2=O)cc1)c1ccccc1. The lowest BCUT2D eigenvalue weighted by atomic mass is 10.0. The van der Waals surface area contributed by atoms with Gasteiger partial charge in [-0.25, -0.2) is 0 Å². The molecule has 5 N–H and O–H groups in total. The third-order valence-electron chi connectivity index (χ3n) is 5.68. The van der Waals surface area contributed by atoms with Crippen LogP contribution in [0.3, 0.4) is 0 Å². The molecule has 1 heterocycles. The summed E-state index contributed by atoms with van der Waals surface area (Å²) in [4.78, 5) is 27.3. The molecule has 0 aromatic heterocycles. The average Bonchev–Trinajstić information content (AvgIpc) is 2.84. The summed E-state index contributed by atoms with van der Waals surface area (Å²) in [6.07, 6.45) is 2.51. The second-order valence-electron chi connectivity index (χ2n) is 7.99. The van der Waals surface area contributed by atoms with E-state index in [4.69, 9.17) is 11.1 Å². The number of nitrogens with zero attached hydrogens (tertiary/aromatic N) is 1. The number of piperidine rings is 1. The summed E-state index contributed by atoms with van der Waals surface area (Å²) >= 11 is 0. The number of benzene rings is 3. The molecule has 0 unspecified atom stereocenters. The number of nitrogens with one attached hydrogen (secondary N) is 3. The first-order chi connectivity index (χ1) is 16.0. The Morgan fingerprint density at radius 3 is 2.33 bits per heavy atom. The highest BCUT2D eigenvalue weighted by atomic mass is 16.2.